The molecule has 0 saturated carbocycles. The lowest BCUT2D eigenvalue weighted by molar-refractivity contribution is -0.137. The van der Waals surface area contributed by atoms with Crippen LogP contribution in [0.5, 0.6) is 28.7 Å². The fourth-order valence-corrected chi connectivity index (χ4v) is 4.24. The molecule has 14 nitrogen and oxygen atoms in total. The van der Waals surface area contributed by atoms with Crippen LogP contribution in [0.4, 0.5) is 0 Å². The second-order valence-corrected chi connectivity index (χ2v) is 9.51. The maximum atomic E-state index is 12.2. The van der Waals surface area contributed by atoms with E-state index in [2.05, 4.69) is 40.2 Å². The molecule has 0 radical (unpaired) electrons. The van der Waals surface area contributed by atoms with Gasteiger partial charge in [-0.25, -0.2) is 29.9 Å². The smallest absolute Gasteiger partial charge is 0.298 e. The van der Waals surface area contributed by atoms with Crippen molar-refractivity contribution >= 4 is 40.9 Å². The zero-order chi connectivity index (χ0) is 32.5. The number of amides is 2. The molecule has 4 heterocycles. The summed E-state index contributed by atoms with van der Waals surface area (Å²) in [6.45, 7) is 0. The van der Waals surface area contributed by atoms with Gasteiger partial charge in [0.25, 0.3) is 17.9 Å². The molecule has 1 aliphatic heterocycles. The molecule has 6 rings (SSSR count). The number of ether oxygens (including phenoxy) is 4. The van der Waals surface area contributed by atoms with Gasteiger partial charge in [-0.1, -0.05) is 47.5 Å². The number of amidine groups is 1. The third-order valence-electron chi connectivity index (χ3n) is 5.85. The van der Waals surface area contributed by atoms with Gasteiger partial charge in [-0.15, -0.1) is 0 Å². The van der Waals surface area contributed by atoms with Crippen LogP contribution >= 0.6 is 23.2 Å². The van der Waals surface area contributed by atoms with Crippen molar-refractivity contribution in [3.63, 3.8) is 0 Å². The lowest BCUT2D eigenvalue weighted by atomic mass is 10.2. The van der Waals surface area contributed by atoms with E-state index >= 15 is 0 Å². The average molecular weight is 661 g/mol. The highest BCUT2D eigenvalue weighted by Crippen LogP contribution is 2.38. The van der Waals surface area contributed by atoms with E-state index in [4.69, 9.17) is 42.1 Å². The first-order valence-electron chi connectivity index (χ1n) is 13.2. The van der Waals surface area contributed by atoms with Crippen molar-refractivity contribution in [1.29, 1.82) is 0 Å². The monoisotopic (exact) mass is 660 g/mol. The van der Waals surface area contributed by atoms with Crippen molar-refractivity contribution in [1.82, 2.24) is 35.2 Å². The molecule has 0 saturated heterocycles. The third kappa shape index (κ3) is 7.49. The first-order valence-corrected chi connectivity index (χ1v) is 13.9. The Balaban J connectivity index is 0.000000181. The molecule has 2 aromatic carbocycles. The minimum absolute atomic E-state index is 0.000441. The largest absolute Gasteiger partial charge is 0.493 e. The third-order valence-corrected chi connectivity index (χ3v) is 6.36. The highest BCUT2D eigenvalue weighted by molar-refractivity contribution is 6.35. The van der Waals surface area contributed by atoms with Gasteiger partial charge in [-0.05, 0) is 36.4 Å². The zero-order valence-electron chi connectivity index (χ0n) is 24.0. The number of nitrogens with one attached hydrogen (secondary N) is 1. The molecule has 1 aliphatic rings. The molecular weight excluding hydrogens is 639 g/mol. The van der Waals surface area contributed by atoms with Crippen LogP contribution in [0.1, 0.15) is 5.82 Å². The molecule has 0 spiro atoms. The Kier molecular flexibility index (Phi) is 10.2. The molecule has 46 heavy (non-hydrogen) atoms. The van der Waals surface area contributed by atoms with Crippen molar-refractivity contribution in [3.05, 3.63) is 102 Å². The summed E-state index contributed by atoms with van der Waals surface area (Å²) in [6.07, 6.45) is 4.73. The Hall–Kier alpha value is -5.73. The normalized spacial score (nSPS) is 13.8. The number of para-hydroxylation sites is 4. The molecule has 5 aromatic rings. The summed E-state index contributed by atoms with van der Waals surface area (Å²) in [5, 5.41) is 2.58. The number of aromatic nitrogens is 6. The molecule has 2 amide bonds. The van der Waals surface area contributed by atoms with Gasteiger partial charge < -0.3 is 24.3 Å². The first kappa shape index (κ1) is 31.7. The Morgan fingerprint density at radius 3 is 1.70 bits per heavy atom. The Morgan fingerprint density at radius 2 is 1.15 bits per heavy atom. The van der Waals surface area contributed by atoms with Crippen LogP contribution in [-0.4, -0.2) is 67.9 Å². The maximum Gasteiger partial charge on any atom is 0.298 e. The van der Waals surface area contributed by atoms with Gasteiger partial charge in [0.2, 0.25) is 11.6 Å². The van der Waals surface area contributed by atoms with Crippen LogP contribution in [0.2, 0.25) is 10.3 Å². The van der Waals surface area contributed by atoms with Gasteiger partial charge in [0, 0.05) is 24.8 Å². The van der Waals surface area contributed by atoms with E-state index in [1.807, 2.05) is 6.07 Å². The highest BCUT2D eigenvalue weighted by Gasteiger charge is 2.35. The van der Waals surface area contributed by atoms with Crippen molar-refractivity contribution in [2.75, 3.05) is 14.2 Å². The van der Waals surface area contributed by atoms with Crippen LogP contribution in [0.15, 0.2) is 90.4 Å². The van der Waals surface area contributed by atoms with Crippen LogP contribution in [0, 0.1) is 0 Å². The number of methoxy groups -OCH3 is 2. The van der Waals surface area contributed by atoms with Gasteiger partial charge in [0.1, 0.15) is 0 Å². The van der Waals surface area contributed by atoms with E-state index in [1.165, 1.54) is 26.6 Å². The quantitative estimate of drug-likeness (QED) is 0.184. The number of halogens is 2. The Bertz CT molecular complexity index is 1860. The molecule has 16 heteroatoms. The summed E-state index contributed by atoms with van der Waals surface area (Å²) >= 11 is 12.3. The van der Waals surface area contributed by atoms with Gasteiger partial charge in [0.05, 0.1) is 14.2 Å². The predicted octanol–water partition coefficient (Wildman–Crippen LogP) is 4.38. The van der Waals surface area contributed by atoms with E-state index < -0.39 is 17.9 Å². The fourth-order valence-electron chi connectivity index (χ4n) is 3.77. The zero-order valence-corrected chi connectivity index (χ0v) is 25.5. The molecule has 3 aromatic heterocycles. The summed E-state index contributed by atoms with van der Waals surface area (Å²) in [4.78, 5) is 52.3. The molecule has 0 aliphatic carbocycles. The van der Waals surface area contributed by atoms with Gasteiger partial charge in [0.15, 0.2) is 50.8 Å². The van der Waals surface area contributed by atoms with Crippen molar-refractivity contribution in [3.8, 4) is 40.4 Å². The van der Waals surface area contributed by atoms with Crippen LogP contribution < -0.4 is 24.3 Å². The van der Waals surface area contributed by atoms with Crippen LogP contribution in [0.3, 0.4) is 0 Å². The number of hydrogen-bond donors (Lipinski definition) is 1. The van der Waals surface area contributed by atoms with Crippen molar-refractivity contribution in [2.45, 2.75) is 6.10 Å². The number of benzene rings is 2. The molecule has 232 valence electrons. The number of hydrogen-bond acceptors (Lipinski definition) is 12. The average Bonchev–Trinajstić information content (AvgIpc) is 3.09. The number of carbonyl (C=O) groups is 2. The highest BCUT2D eigenvalue weighted by atomic mass is 35.5. The SMILES string of the molecule is COc1ccccc1OC1C(=O)N=C(c2ncccn2)NC1=O.COc1ccccc1Oc1c(Cl)nc(-c2ncccn2)nc1Cl. The number of nitrogens with zero attached hydrogens (tertiary/aromatic N) is 7. The molecule has 0 bridgehead atoms. The summed E-state index contributed by atoms with van der Waals surface area (Å²) in [5.41, 5.74) is 0. The van der Waals surface area contributed by atoms with Crippen molar-refractivity contribution in [2.24, 2.45) is 4.99 Å². The molecule has 0 fully saturated rings. The first-order chi connectivity index (χ1) is 22.4. The van der Waals surface area contributed by atoms with Crippen LogP contribution in [0.25, 0.3) is 11.6 Å². The summed E-state index contributed by atoms with van der Waals surface area (Å²) in [5.74, 6) is 1.13. The molecule has 1 unspecified atom stereocenters. The summed E-state index contributed by atoms with van der Waals surface area (Å²) in [7, 11) is 3.01. The minimum Gasteiger partial charge on any atom is -0.493 e. The van der Waals surface area contributed by atoms with E-state index in [1.54, 1.807) is 67.0 Å². The van der Waals surface area contributed by atoms with Gasteiger partial charge in [-0.2, -0.15) is 4.99 Å². The summed E-state index contributed by atoms with van der Waals surface area (Å²) in [6, 6.07) is 17.1. The second kappa shape index (κ2) is 14.8. The number of carbonyl (C=O) groups excluding carboxylic acids is 2. The summed E-state index contributed by atoms with van der Waals surface area (Å²) < 4.78 is 21.5. The van der Waals surface area contributed by atoms with Crippen LogP contribution in [-0.2, 0) is 9.59 Å². The minimum atomic E-state index is -1.39. The topological polar surface area (TPSA) is 173 Å². The lowest BCUT2D eigenvalue weighted by Crippen LogP contribution is -2.50. The molecule has 1 N–H and O–H groups in total. The van der Waals surface area contributed by atoms with Crippen molar-refractivity contribution < 1.29 is 28.5 Å². The van der Waals surface area contributed by atoms with E-state index in [0.717, 1.165) is 0 Å². The maximum absolute atomic E-state index is 12.2. The number of rotatable bonds is 8. The number of aliphatic imine (C=N–C) groups is 1. The standard InChI is InChI=1S/C15H10Cl2N4O2.C15H12N4O4/c1-22-9-5-2-3-6-10(9)23-11-12(16)20-15(21-13(11)17)14-18-7-4-8-19-14;1-22-9-5-2-3-6-10(9)23-11-14(20)18-13(19-15(11)21)12-16-7-4-8-17-12/h2-8H,1H3;2-8,11H,1H3,(H,18,19,20,21). The van der Waals surface area contributed by atoms with E-state index in [-0.39, 0.29) is 39.3 Å². The predicted molar refractivity (Wildman–Crippen MR) is 165 cm³/mol. The van der Waals surface area contributed by atoms with Gasteiger partial charge >= 0.3 is 0 Å². The second-order valence-electron chi connectivity index (χ2n) is 8.79. The lowest BCUT2D eigenvalue weighted by Gasteiger charge is -2.21. The van der Waals surface area contributed by atoms with E-state index in [0.29, 0.717) is 23.1 Å². The Morgan fingerprint density at radius 1 is 0.652 bits per heavy atom. The van der Waals surface area contributed by atoms with E-state index in [9.17, 15) is 9.59 Å². The fraction of sp³-hybridized carbons (Fsp3) is 0.100. The Labute approximate surface area is 271 Å². The molecule has 1 atom stereocenters. The molecular formula is C30H22Cl2N8O6. The van der Waals surface area contributed by atoms with Gasteiger partial charge in [-0.3, -0.25) is 9.59 Å².